The average molecular weight is 228 g/mol. The van der Waals surface area contributed by atoms with Gasteiger partial charge in [-0.05, 0) is 19.3 Å². The molecular weight excluding hydrogens is 204 g/mol. The van der Waals surface area contributed by atoms with Gasteiger partial charge in [-0.1, -0.05) is 26.2 Å². The third kappa shape index (κ3) is 4.39. The lowest BCUT2D eigenvalue weighted by Gasteiger charge is -2.30. The standard InChI is InChI=1S/C12H24N2O2/c1-2-3-8-13-12(16)14-11-7-5-4-6-10(11)9-15/h10-11,15H,2-9H2,1H3,(H2,13,14,16)/t10-,11-/m0/s1. The van der Waals surface area contributed by atoms with Gasteiger partial charge in [0.15, 0.2) is 0 Å². The summed E-state index contributed by atoms with van der Waals surface area (Å²) in [4.78, 5) is 11.5. The molecule has 1 fully saturated rings. The van der Waals surface area contributed by atoms with Gasteiger partial charge in [0.25, 0.3) is 0 Å². The van der Waals surface area contributed by atoms with Crippen molar-refractivity contribution >= 4 is 6.03 Å². The Morgan fingerprint density at radius 1 is 1.38 bits per heavy atom. The molecule has 0 saturated heterocycles. The lowest BCUT2D eigenvalue weighted by Crippen LogP contribution is -2.47. The summed E-state index contributed by atoms with van der Waals surface area (Å²) >= 11 is 0. The van der Waals surface area contributed by atoms with Crippen molar-refractivity contribution in [1.29, 1.82) is 0 Å². The highest BCUT2D eigenvalue weighted by atomic mass is 16.3. The quantitative estimate of drug-likeness (QED) is 0.626. The molecule has 16 heavy (non-hydrogen) atoms. The number of hydrogen-bond donors (Lipinski definition) is 3. The minimum Gasteiger partial charge on any atom is -0.396 e. The third-order valence-corrected chi connectivity index (χ3v) is 3.28. The van der Waals surface area contributed by atoms with Gasteiger partial charge in [0, 0.05) is 25.1 Å². The van der Waals surface area contributed by atoms with Crippen LogP contribution in [0.15, 0.2) is 0 Å². The molecule has 1 saturated carbocycles. The summed E-state index contributed by atoms with van der Waals surface area (Å²) in [6.45, 7) is 3.02. The number of amides is 2. The molecule has 4 nitrogen and oxygen atoms in total. The van der Waals surface area contributed by atoms with Crippen LogP contribution in [-0.2, 0) is 0 Å². The summed E-state index contributed by atoms with van der Waals surface area (Å²) in [5.41, 5.74) is 0. The maximum Gasteiger partial charge on any atom is 0.315 e. The zero-order valence-corrected chi connectivity index (χ0v) is 10.2. The molecule has 0 aromatic carbocycles. The van der Waals surface area contributed by atoms with Crippen LogP contribution in [0.25, 0.3) is 0 Å². The molecule has 0 spiro atoms. The van der Waals surface area contributed by atoms with Gasteiger partial charge in [-0.2, -0.15) is 0 Å². The largest absolute Gasteiger partial charge is 0.396 e. The zero-order valence-electron chi connectivity index (χ0n) is 10.2. The van der Waals surface area contributed by atoms with Gasteiger partial charge in [-0.15, -0.1) is 0 Å². The van der Waals surface area contributed by atoms with Crippen LogP contribution in [0.1, 0.15) is 45.4 Å². The number of nitrogens with one attached hydrogen (secondary N) is 2. The molecule has 2 atom stereocenters. The van der Waals surface area contributed by atoms with Crippen molar-refractivity contribution in [2.24, 2.45) is 5.92 Å². The van der Waals surface area contributed by atoms with Crippen molar-refractivity contribution in [3.63, 3.8) is 0 Å². The SMILES string of the molecule is CCCCNC(=O)N[C@H]1CCCC[C@H]1CO. The average Bonchev–Trinajstić information content (AvgIpc) is 2.30. The predicted octanol–water partition coefficient (Wildman–Crippen LogP) is 1.64. The molecule has 94 valence electrons. The first-order valence-electron chi connectivity index (χ1n) is 6.43. The van der Waals surface area contributed by atoms with Crippen LogP contribution in [0.5, 0.6) is 0 Å². The van der Waals surface area contributed by atoms with E-state index >= 15 is 0 Å². The van der Waals surface area contributed by atoms with E-state index in [9.17, 15) is 9.90 Å². The van der Waals surface area contributed by atoms with Gasteiger partial charge in [-0.25, -0.2) is 4.79 Å². The van der Waals surface area contributed by atoms with E-state index in [-0.39, 0.29) is 24.6 Å². The highest BCUT2D eigenvalue weighted by Crippen LogP contribution is 2.23. The van der Waals surface area contributed by atoms with Crippen LogP contribution in [0.4, 0.5) is 4.79 Å². The summed E-state index contributed by atoms with van der Waals surface area (Å²) in [5.74, 6) is 0.241. The third-order valence-electron chi connectivity index (χ3n) is 3.28. The van der Waals surface area contributed by atoms with E-state index in [0.29, 0.717) is 0 Å². The Hall–Kier alpha value is -0.770. The van der Waals surface area contributed by atoms with Gasteiger partial charge < -0.3 is 15.7 Å². The van der Waals surface area contributed by atoms with Crippen molar-refractivity contribution in [1.82, 2.24) is 10.6 Å². The number of rotatable bonds is 5. The zero-order chi connectivity index (χ0) is 11.8. The number of carbonyl (C=O) groups is 1. The number of aliphatic hydroxyl groups excluding tert-OH is 1. The Morgan fingerprint density at radius 2 is 2.12 bits per heavy atom. The normalized spacial score (nSPS) is 25.1. The number of hydrogen-bond acceptors (Lipinski definition) is 2. The second-order valence-electron chi connectivity index (χ2n) is 4.59. The number of urea groups is 1. The first-order valence-corrected chi connectivity index (χ1v) is 6.43. The van der Waals surface area contributed by atoms with Crippen LogP contribution in [0.3, 0.4) is 0 Å². The maximum absolute atomic E-state index is 11.5. The first-order chi connectivity index (χ1) is 7.77. The molecule has 1 aliphatic rings. The highest BCUT2D eigenvalue weighted by Gasteiger charge is 2.25. The summed E-state index contributed by atoms with van der Waals surface area (Å²) in [6.07, 6.45) is 6.44. The molecule has 0 radical (unpaired) electrons. The Labute approximate surface area is 97.8 Å². The van der Waals surface area contributed by atoms with E-state index in [4.69, 9.17) is 0 Å². The van der Waals surface area contributed by atoms with Gasteiger partial charge in [0.2, 0.25) is 0 Å². The number of carbonyl (C=O) groups excluding carboxylic acids is 1. The van der Waals surface area contributed by atoms with E-state index in [1.165, 1.54) is 6.42 Å². The molecule has 0 unspecified atom stereocenters. The van der Waals surface area contributed by atoms with E-state index in [2.05, 4.69) is 17.6 Å². The molecule has 4 heteroatoms. The summed E-state index contributed by atoms with van der Waals surface area (Å²) in [5, 5.41) is 15.0. The van der Waals surface area contributed by atoms with E-state index < -0.39 is 0 Å². The minimum absolute atomic E-state index is 0.0844. The second kappa shape index (κ2) is 7.49. The van der Waals surface area contributed by atoms with Crippen LogP contribution in [-0.4, -0.2) is 30.3 Å². The van der Waals surface area contributed by atoms with Gasteiger partial charge in [0.1, 0.15) is 0 Å². The second-order valence-corrected chi connectivity index (χ2v) is 4.59. The van der Waals surface area contributed by atoms with Crippen molar-refractivity contribution < 1.29 is 9.90 Å². The molecule has 1 rings (SSSR count). The van der Waals surface area contributed by atoms with Crippen LogP contribution < -0.4 is 10.6 Å². The molecule has 1 aliphatic carbocycles. The fourth-order valence-electron chi connectivity index (χ4n) is 2.21. The van der Waals surface area contributed by atoms with E-state index in [1.807, 2.05) is 0 Å². The Bertz CT molecular complexity index is 209. The maximum atomic E-state index is 11.5. The van der Waals surface area contributed by atoms with Gasteiger partial charge >= 0.3 is 6.03 Å². The lowest BCUT2D eigenvalue weighted by atomic mass is 9.85. The molecular formula is C12H24N2O2. The molecule has 3 N–H and O–H groups in total. The Balaban J connectivity index is 2.25. The lowest BCUT2D eigenvalue weighted by molar-refractivity contribution is 0.153. The van der Waals surface area contributed by atoms with Crippen molar-refractivity contribution in [3.05, 3.63) is 0 Å². The summed E-state index contributed by atoms with van der Waals surface area (Å²) < 4.78 is 0. The highest BCUT2D eigenvalue weighted by molar-refractivity contribution is 5.74. The number of aliphatic hydroxyl groups is 1. The first kappa shape index (κ1) is 13.3. The fraction of sp³-hybridized carbons (Fsp3) is 0.917. The fourth-order valence-corrected chi connectivity index (χ4v) is 2.21. The van der Waals surface area contributed by atoms with Crippen LogP contribution >= 0.6 is 0 Å². The van der Waals surface area contributed by atoms with Crippen molar-refractivity contribution in [2.75, 3.05) is 13.2 Å². The van der Waals surface area contributed by atoms with E-state index in [1.54, 1.807) is 0 Å². The van der Waals surface area contributed by atoms with E-state index in [0.717, 1.165) is 38.6 Å². The molecule has 0 aliphatic heterocycles. The Kier molecular flexibility index (Phi) is 6.23. The predicted molar refractivity (Wildman–Crippen MR) is 64.3 cm³/mol. The number of unbranched alkanes of at least 4 members (excludes halogenated alkanes) is 1. The molecule has 0 aromatic heterocycles. The minimum atomic E-state index is -0.0844. The van der Waals surface area contributed by atoms with Gasteiger partial charge in [0.05, 0.1) is 0 Å². The van der Waals surface area contributed by atoms with Crippen molar-refractivity contribution in [2.45, 2.75) is 51.5 Å². The molecule has 0 aromatic rings. The van der Waals surface area contributed by atoms with Gasteiger partial charge in [-0.3, -0.25) is 0 Å². The summed E-state index contributed by atoms with van der Waals surface area (Å²) in [7, 11) is 0. The summed E-state index contributed by atoms with van der Waals surface area (Å²) in [6, 6.07) is 0.0687. The van der Waals surface area contributed by atoms with Crippen LogP contribution in [0.2, 0.25) is 0 Å². The molecule has 0 heterocycles. The van der Waals surface area contributed by atoms with Crippen LogP contribution in [0, 0.1) is 5.92 Å². The molecule has 2 amide bonds. The monoisotopic (exact) mass is 228 g/mol. The molecule has 0 bridgehead atoms. The Morgan fingerprint density at radius 3 is 2.81 bits per heavy atom. The topological polar surface area (TPSA) is 61.4 Å². The smallest absolute Gasteiger partial charge is 0.315 e. The van der Waals surface area contributed by atoms with Crippen molar-refractivity contribution in [3.8, 4) is 0 Å².